The Morgan fingerprint density at radius 2 is 2.25 bits per heavy atom. The van der Waals surface area contributed by atoms with E-state index in [1.54, 1.807) is 0 Å². The summed E-state index contributed by atoms with van der Waals surface area (Å²) in [6, 6.07) is 2.38. The van der Waals surface area contributed by atoms with Gasteiger partial charge in [-0.2, -0.15) is 0 Å². The van der Waals surface area contributed by atoms with Crippen LogP contribution in [0.4, 0.5) is 11.5 Å². The number of anilines is 1. The van der Waals surface area contributed by atoms with E-state index < -0.39 is 4.92 Å². The van der Waals surface area contributed by atoms with Crippen LogP contribution in [0.5, 0.6) is 0 Å². The van der Waals surface area contributed by atoms with Gasteiger partial charge in [-0.3, -0.25) is 14.9 Å². The van der Waals surface area contributed by atoms with Gasteiger partial charge in [-0.05, 0) is 6.07 Å². The molecule has 0 aliphatic heterocycles. The Bertz CT molecular complexity index is 337. The lowest BCUT2D eigenvalue weighted by Gasteiger charge is -1.95. The molecule has 0 spiro atoms. The van der Waals surface area contributed by atoms with Crippen molar-refractivity contribution in [3.05, 3.63) is 27.9 Å². The van der Waals surface area contributed by atoms with Crippen molar-refractivity contribution in [3.63, 3.8) is 0 Å². The molecule has 0 saturated carbocycles. The molecule has 0 unspecified atom stereocenters. The lowest BCUT2D eigenvalue weighted by Crippen LogP contribution is -2.00. The summed E-state index contributed by atoms with van der Waals surface area (Å²) in [6.45, 7) is 0. The van der Waals surface area contributed by atoms with E-state index in [0.29, 0.717) is 6.29 Å². The van der Waals surface area contributed by atoms with E-state index in [4.69, 9.17) is 5.73 Å². The Balaban J connectivity index is 3.20. The number of aromatic nitrogens is 1. The number of carbonyl (C=O) groups is 1. The van der Waals surface area contributed by atoms with Crippen molar-refractivity contribution in [3.8, 4) is 0 Å². The first-order valence-corrected chi connectivity index (χ1v) is 3.01. The molecule has 6 heteroatoms. The van der Waals surface area contributed by atoms with E-state index in [-0.39, 0.29) is 17.2 Å². The van der Waals surface area contributed by atoms with Gasteiger partial charge in [0.2, 0.25) is 5.82 Å². The van der Waals surface area contributed by atoms with Crippen LogP contribution in [0, 0.1) is 10.1 Å². The van der Waals surface area contributed by atoms with Crippen LogP contribution in [0.15, 0.2) is 12.1 Å². The standard InChI is InChI=1S/C6H5N3O3/c7-6-5(9(11)12)2-1-4(3-10)8-6/h1-3H,(H2,7,8). The van der Waals surface area contributed by atoms with Gasteiger partial charge in [0.1, 0.15) is 5.69 Å². The molecule has 0 bridgehead atoms. The van der Waals surface area contributed by atoms with Crippen LogP contribution in [0.3, 0.4) is 0 Å². The van der Waals surface area contributed by atoms with Gasteiger partial charge in [0.05, 0.1) is 4.92 Å². The van der Waals surface area contributed by atoms with Gasteiger partial charge in [-0.1, -0.05) is 0 Å². The molecule has 1 aromatic rings. The Kier molecular flexibility index (Phi) is 2.00. The summed E-state index contributed by atoms with van der Waals surface area (Å²) in [5, 5.41) is 10.2. The van der Waals surface area contributed by atoms with Crippen molar-refractivity contribution in [2.24, 2.45) is 0 Å². The first kappa shape index (κ1) is 8.12. The van der Waals surface area contributed by atoms with E-state index in [0.717, 1.165) is 6.07 Å². The molecule has 0 saturated heterocycles. The quantitative estimate of drug-likeness (QED) is 0.390. The first-order chi connectivity index (χ1) is 5.65. The average molecular weight is 167 g/mol. The fraction of sp³-hybridized carbons (Fsp3) is 0. The second-order valence-corrected chi connectivity index (χ2v) is 2.02. The van der Waals surface area contributed by atoms with Gasteiger partial charge < -0.3 is 5.73 Å². The predicted octanol–water partition coefficient (Wildman–Crippen LogP) is 0.385. The lowest BCUT2D eigenvalue weighted by molar-refractivity contribution is -0.384. The highest BCUT2D eigenvalue weighted by atomic mass is 16.6. The molecule has 6 nitrogen and oxygen atoms in total. The zero-order valence-corrected chi connectivity index (χ0v) is 5.93. The molecule has 0 fully saturated rings. The number of rotatable bonds is 2. The van der Waals surface area contributed by atoms with Crippen molar-refractivity contribution in [1.29, 1.82) is 0 Å². The van der Waals surface area contributed by atoms with Gasteiger partial charge in [-0.15, -0.1) is 0 Å². The fourth-order valence-electron chi connectivity index (χ4n) is 0.703. The second-order valence-electron chi connectivity index (χ2n) is 2.02. The van der Waals surface area contributed by atoms with Crippen molar-refractivity contribution in [2.75, 3.05) is 5.73 Å². The lowest BCUT2D eigenvalue weighted by atomic mass is 10.3. The summed E-state index contributed by atoms with van der Waals surface area (Å²) in [7, 11) is 0. The largest absolute Gasteiger partial charge is 0.378 e. The number of hydrogen-bond donors (Lipinski definition) is 1. The summed E-state index contributed by atoms with van der Waals surface area (Å²) in [6.07, 6.45) is 0.472. The number of nitro groups is 1. The third-order valence-corrected chi connectivity index (χ3v) is 1.24. The zero-order chi connectivity index (χ0) is 9.14. The van der Waals surface area contributed by atoms with Crippen molar-refractivity contribution in [2.45, 2.75) is 0 Å². The van der Waals surface area contributed by atoms with Crippen molar-refractivity contribution < 1.29 is 9.72 Å². The Labute approximate surface area is 67.2 Å². The normalized spacial score (nSPS) is 9.33. The van der Waals surface area contributed by atoms with Gasteiger partial charge in [0.25, 0.3) is 0 Å². The maximum atomic E-state index is 10.2. The summed E-state index contributed by atoms with van der Waals surface area (Å²) in [5.41, 5.74) is 4.98. The van der Waals surface area contributed by atoms with Crippen LogP contribution in [-0.2, 0) is 0 Å². The van der Waals surface area contributed by atoms with Crippen LogP contribution in [0.2, 0.25) is 0 Å². The van der Waals surface area contributed by atoms with Gasteiger partial charge in [-0.25, -0.2) is 4.98 Å². The molecule has 0 amide bonds. The number of hydrogen-bond acceptors (Lipinski definition) is 5. The second kappa shape index (κ2) is 2.95. The van der Waals surface area contributed by atoms with E-state index in [2.05, 4.69) is 4.98 Å². The van der Waals surface area contributed by atoms with E-state index in [1.807, 2.05) is 0 Å². The molecule has 0 aliphatic carbocycles. The Morgan fingerprint density at radius 3 is 2.67 bits per heavy atom. The maximum Gasteiger partial charge on any atom is 0.311 e. The van der Waals surface area contributed by atoms with Crippen molar-refractivity contribution >= 4 is 17.8 Å². The highest BCUT2D eigenvalue weighted by Crippen LogP contribution is 2.17. The third-order valence-electron chi connectivity index (χ3n) is 1.24. The summed E-state index contributed by atoms with van der Waals surface area (Å²) in [5.74, 6) is -0.246. The molecule has 0 atom stereocenters. The first-order valence-electron chi connectivity index (χ1n) is 3.01. The highest BCUT2D eigenvalue weighted by Gasteiger charge is 2.11. The Morgan fingerprint density at radius 1 is 1.58 bits per heavy atom. The number of pyridine rings is 1. The molecule has 1 aromatic heterocycles. The van der Waals surface area contributed by atoms with Gasteiger partial charge in [0.15, 0.2) is 6.29 Å². The number of nitrogens with zero attached hydrogens (tertiary/aromatic N) is 2. The number of carbonyl (C=O) groups excluding carboxylic acids is 1. The van der Waals surface area contributed by atoms with Crippen LogP contribution in [0.25, 0.3) is 0 Å². The minimum absolute atomic E-state index is 0.0816. The summed E-state index contributed by atoms with van der Waals surface area (Å²) in [4.78, 5) is 23.2. The molecular formula is C6H5N3O3. The minimum atomic E-state index is -0.656. The predicted molar refractivity (Wildman–Crippen MR) is 40.7 cm³/mol. The van der Waals surface area contributed by atoms with Crippen molar-refractivity contribution in [1.82, 2.24) is 4.98 Å². The molecule has 0 aliphatic rings. The molecule has 1 heterocycles. The van der Waals surface area contributed by atoms with Crippen LogP contribution in [0.1, 0.15) is 10.5 Å². The SMILES string of the molecule is Nc1nc(C=O)ccc1[N+](=O)[O-]. The number of nitrogen functional groups attached to an aromatic ring is 1. The number of aldehydes is 1. The fourth-order valence-corrected chi connectivity index (χ4v) is 0.703. The van der Waals surface area contributed by atoms with E-state index in [9.17, 15) is 14.9 Å². The maximum absolute atomic E-state index is 10.2. The molecule has 2 N–H and O–H groups in total. The third kappa shape index (κ3) is 1.36. The summed E-state index contributed by atoms with van der Waals surface area (Å²) >= 11 is 0. The highest BCUT2D eigenvalue weighted by molar-refractivity contribution is 5.74. The van der Waals surface area contributed by atoms with Crippen LogP contribution < -0.4 is 5.73 Å². The minimum Gasteiger partial charge on any atom is -0.378 e. The van der Waals surface area contributed by atoms with Gasteiger partial charge in [0, 0.05) is 6.07 Å². The zero-order valence-electron chi connectivity index (χ0n) is 5.93. The molecule has 1 rings (SSSR count). The van der Waals surface area contributed by atoms with Gasteiger partial charge >= 0.3 is 5.69 Å². The smallest absolute Gasteiger partial charge is 0.311 e. The Hall–Kier alpha value is -1.98. The molecule has 0 aromatic carbocycles. The van der Waals surface area contributed by atoms with Crippen LogP contribution in [-0.4, -0.2) is 16.2 Å². The topological polar surface area (TPSA) is 99.1 Å². The summed E-state index contributed by atoms with van der Waals surface area (Å²) < 4.78 is 0. The van der Waals surface area contributed by atoms with E-state index in [1.165, 1.54) is 6.07 Å². The molecule has 12 heavy (non-hydrogen) atoms. The monoisotopic (exact) mass is 167 g/mol. The molecule has 62 valence electrons. The van der Waals surface area contributed by atoms with E-state index >= 15 is 0 Å². The number of nitrogens with two attached hydrogens (primary N) is 1. The average Bonchev–Trinajstić information content (AvgIpc) is 2.03. The molecular weight excluding hydrogens is 162 g/mol. The molecule has 0 radical (unpaired) electrons. The van der Waals surface area contributed by atoms with Crippen LogP contribution >= 0.6 is 0 Å².